The third-order valence-electron chi connectivity index (χ3n) is 5.54. The molecule has 0 saturated carbocycles. The predicted molar refractivity (Wildman–Crippen MR) is 114 cm³/mol. The highest BCUT2D eigenvalue weighted by Gasteiger charge is 2.47. The molecule has 0 aromatic heterocycles. The third-order valence-corrected chi connectivity index (χ3v) is 5.54. The smallest absolute Gasteiger partial charge is 0.326 e. The molecule has 1 heterocycles. The van der Waals surface area contributed by atoms with Gasteiger partial charge in [0.05, 0.1) is 11.8 Å². The van der Waals surface area contributed by atoms with Gasteiger partial charge >= 0.3 is 5.97 Å². The van der Waals surface area contributed by atoms with E-state index in [4.69, 9.17) is 4.74 Å². The Bertz CT molecular complexity index is 1020. The van der Waals surface area contributed by atoms with Crippen molar-refractivity contribution in [1.82, 2.24) is 4.90 Å². The summed E-state index contributed by atoms with van der Waals surface area (Å²) in [5.41, 5.74) is 2.38. The van der Waals surface area contributed by atoms with E-state index in [1.54, 1.807) is 12.1 Å². The summed E-state index contributed by atoms with van der Waals surface area (Å²) in [6, 6.07) is 16.9. The van der Waals surface area contributed by atoms with Gasteiger partial charge in [-0.2, -0.15) is 0 Å². The van der Waals surface area contributed by atoms with Crippen molar-refractivity contribution in [2.24, 2.45) is 11.8 Å². The molecule has 1 aliphatic heterocycles. The zero-order chi connectivity index (χ0) is 21.8. The summed E-state index contributed by atoms with van der Waals surface area (Å²) in [6.45, 7) is -0.981. The topological polar surface area (TPSA) is 92.8 Å². The quantitative estimate of drug-likeness (QED) is 0.442. The van der Waals surface area contributed by atoms with Crippen LogP contribution in [0.4, 0.5) is 5.69 Å². The van der Waals surface area contributed by atoms with Crippen LogP contribution in [0.2, 0.25) is 0 Å². The van der Waals surface area contributed by atoms with E-state index >= 15 is 0 Å². The molecule has 158 valence electrons. The largest absolute Gasteiger partial charge is 0.454 e. The monoisotopic (exact) mass is 418 g/mol. The number of esters is 1. The first kappa shape index (κ1) is 20.5. The van der Waals surface area contributed by atoms with Crippen LogP contribution in [-0.4, -0.2) is 41.7 Å². The van der Waals surface area contributed by atoms with Gasteiger partial charge in [-0.1, -0.05) is 60.7 Å². The van der Waals surface area contributed by atoms with Gasteiger partial charge in [0.25, 0.3) is 5.91 Å². The first-order chi connectivity index (χ1) is 15.0. The van der Waals surface area contributed by atoms with Gasteiger partial charge in [-0.05, 0) is 24.5 Å². The number of hydrogen-bond acceptors (Lipinski definition) is 5. The molecule has 0 bridgehead atoms. The fourth-order valence-corrected chi connectivity index (χ4v) is 3.99. The fourth-order valence-electron chi connectivity index (χ4n) is 3.99. The number of anilines is 1. The lowest BCUT2D eigenvalue weighted by Gasteiger charge is -2.14. The fraction of sp³-hybridized carbons (Fsp3) is 0.250. The van der Waals surface area contributed by atoms with Gasteiger partial charge in [0.2, 0.25) is 11.8 Å². The number of fused-ring (bicyclic) bond motifs is 1. The Morgan fingerprint density at radius 1 is 0.903 bits per heavy atom. The zero-order valence-corrected chi connectivity index (χ0v) is 16.8. The lowest BCUT2D eigenvalue weighted by Crippen LogP contribution is -2.37. The number of likely N-dealkylation sites (tertiary alicyclic amines) is 1. The van der Waals surface area contributed by atoms with Crippen LogP contribution in [0.1, 0.15) is 12.8 Å². The summed E-state index contributed by atoms with van der Waals surface area (Å²) in [4.78, 5) is 50.3. The number of carbonyl (C=O) groups excluding carboxylic acids is 4. The number of hydrogen-bond donors (Lipinski definition) is 1. The van der Waals surface area contributed by atoms with Gasteiger partial charge < -0.3 is 10.1 Å². The van der Waals surface area contributed by atoms with Crippen molar-refractivity contribution in [3.8, 4) is 11.1 Å². The zero-order valence-electron chi connectivity index (χ0n) is 16.8. The molecule has 0 radical (unpaired) electrons. The molecule has 2 atom stereocenters. The van der Waals surface area contributed by atoms with E-state index < -0.39 is 36.9 Å². The Morgan fingerprint density at radius 2 is 1.52 bits per heavy atom. The lowest BCUT2D eigenvalue weighted by atomic mass is 9.85. The van der Waals surface area contributed by atoms with Gasteiger partial charge in [0, 0.05) is 11.3 Å². The molecule has 2 aliphatic rings. The van der Waals surface area contributed by atoms with Crippen LogP contribution in [0.5, 0.6) is 0 Å². The number of ether oxygens (including phenoxy) is 1. The second kappa shape index (κ2) is 8.95. The Balaban J connectivity index is 1.32. The second-order valence-electron chi connectivity index (χ2n) is 7.54. The SMILES string of the molecule is O=C(COC(=O)CN1C(=O)[C@H]2CC=CC[C@@H]2C1=O)Nc1ccccc1-c1ccccc1. The van der Waals surface area contributed by atoms with E-state index in [9.17, 15) is 19.2 Å². The van der Waals surface area contributed by atoms with Gasteiger partial charge in [0.15, 0.2) is 6.61 Å². The molecule has 1 fully saturated rings. The Morgan fingerprint density at radius 3 is 2.19 bits per heavy atom. The molecule has 2 aromatic carbocycles. The molecule has 0 spiro atoms. The Labute approximate surface area is 179 Å². The van der Waals surface area contributed by atoms with Crippen LogP contribution in [0, 0.1) is 11.8 Å². The minimum Gasteiger partial charge on any atom is -0.454 e. The first-order valence-electron chi connectivity index (χ1n) is 10.1. The average molecular weight is 418 g/mol. The molecular formula is C24H22N2O5. The number of carbonyl (C=O) groups is 4. The van der Waals surface area contributed by atoms with Crippen molar-refractivity contribution in [3.63, 3.8) is 0 Å². The number of nitrogens with one attached hydrogen (secondary N) is 1. The molecule has 7 heteroatoms. The van der Waals surface area contributed by atoms with E-state index in [1.807, 2.05) is 54.6 Å². The number of benzene rings is 2. The number of nitrogens with zero attached hydrogens (tertiary/aromatic N) is 1. The van der Waals surface area contributed by atoms with E-state index in [0.29, 0.717) is 18.5 Å². The molecule has 3 amide bonds. The molecule has 1 aliphatic carbocycles. The molecule has 4 rings (SSSR count). The number of amides is 3. The summed E-state index contributed by atoms with van der Waals surface area (Å²) in [5, 5.41) is 2.74. The lowest BCUT2D eigenvalue weighted by molar-refractivity contribution is -0.154. The van der Waals surface area contributed by atoms with Crippen molar-refractivity contribution in [2.75, 3.05) is 18.5 Å². The molecule has 1 N–H and O–H groups in total. The molecule has 0 unspecified atom stereocenters. The van der Waals surface area contributed by atoms with Crippen molar-refractivity contribution in [3.05, 3.63) is 66.7 Å². The minimum atomic E-state index is -0.792. The molecule has 31 heavy (non-hydrogen) atoms. The molecular weight excluding hydrogens is 396 g/mol. The number of para-hydroxylation sites is 1. The number of rotatable bonds is 6. The maximum absolute atomic E-state index is 12.4. The maximum Gasteiger partial charge on any atom is 0.326 e. The van der Waals surface area contributed by atoms with Crippen molar-refractivity contribution in [2.45, 2.75) is 12.8 Å². The van der Waals surface area contributed by atoms with Gasteiger partial charge in [-0.15, -0.1) is 0 Å². The summed E-state index contributed by atoms with van der Waals surface area (Å²) >= 11 is 0. The van der Waals surface area contributed by atoms with E-state index in [0.717, 1.165) is 16.0 Å². The van der Waals surface area contributed by atoms with Crippen LogP contribution in [-0.2, 0) is 23.9 Å². The number of imide groups is 1. The predicted octanol–water partition coefficient (Wildman–Crippen LogP) is 2.79. The third kappa shape index (κ3) is 4.40. The van der Waals surface area contributed by atoms with Gasteiger partial charge in [0.1, 0.15) is 6.54 Å². The van der Waals surface area contributed by atoms with Crippen molar-refractivity contribution >= 4 is 29.4 Å². The molecule has 1 saturated heterocycles. The first-order valence-corrected chi connectivity index (χ1v) is 10.1. The maximum atomic E-state index is 12.4. The highest BCUT2D eigenvalue weighted by atomic mass is 16.5. The molecule has 2 aromatic rings. The van der Waals surface area contributed by atoms with Gasteiger partial charge in [-0.25, -0.2) is 0 Å². The van der Waals surface area contributed by atoms with E-state index in [-0.39, 0.29) is 11.8 Å². The minimum absolute atomic E-state index is 0.350. The highest BCUT2D eigenvalue weighted by Crippen LogP contribution is 2.34. The van der Waals surface area contributed by atoms with Crippen molar-refractivity contribution in [1.29, 1.82) is 0 Å². The summed E-state index contributed by atoms with van der Waals surface area (Å²) in [5.74, 6) is -2.80. The molecule has 7 nitrogen and oxygen atoms in total. The highest BCUT2D eigenvalue weighted by molar-refractivity contribution is 6.07. The van der Waals surface area contributed by atoms with Crippen LogP contribution in [0.15, 0.2) is 66.7 Å². The van der Waals surface area contributed by atoms with Crippen LogP contribution in [0.3, 0.4) is 0 Å². The van der Waals surface area contributed by atoms with E-state index in [2.05, 4.69) is 5.32 Å². The Kier molecular flexibility index (Phi) is 5.93. The normalized spacial score (nSPS) is 19.8. The summed E-state index contributed by atoms with van der Waals surface area (Å²) in [6.07, 6.45) is 4.77. The second-order valence-corrected chi connectivity index (χ2v) is 7.54. The van der Waals surface area contributed by atoms with Gasteiger partial charge in [-0.3, -0.25) is 24.1 Å². The van der Waals surface area contributed by atoms with Crippen LogP contribution < -0.4 is 5.32 Å². The van der Waals surface area contributed by atoms with Crippen LogP contribution >= 0.6 is 0 Å². The van der Waals surface area contributed by atoms with Crippen molar-refractivity contribution < 1.29 is 23.9 Å². The standard InChI is InChI=1S/C24H22N2O5/c27-21(25-20-13-7-6-10-17(20)16-8-2-1-3-9-16)15-31-22(28)14-26-23(29)18-11-4-5-12-19(18)24(26)30/h1-10,13,18-19H,11-12,14-15H2,(H,25,27)/t18-,19-/m0/s1. The average Bonchev–Trinajstić information content (AvgIpc) is 3.04. The van der Waals surface area contributed by atoms with Crippen LogP contribution in [0.25, 0.3) is 11.1 Å². The Hall–Kier alpha value is -3.74. The summed E-state index contributed by atoms with van der Waals surface area (Å²) in [7, 11) is 0. The van der Waals surface area contributed by atoms with E-state index in [1.165, 1.54) is 0 Å². The number of allylic oxidation sites excluding steroid dienone is 2. The summed E-state index contributed by atoms with van der Waals surface area (Å²) < 4.78 is 5.02.